The van der Waals surface area contributed by atoms with Gasteiger partial charge < -0.3 is 11.1 Å². The Labute approximate surface area is 128 Å². The number of nitrogens with one attached hydrogen (secondary N) is 1. The summed E-state index contributed by atoms with van der Waals surface area (Å²) in [5, 5.41) is 5.96. The predicted octanol–water partition coefficient (Wildman–Crippen LogP) is 3.12. The smallest absolute Gasteiger partial charge is 0.227 e. The highest BCUT2D eigenvalue weighted by Crippen LogP contribution is 2.32. The van der Waals surface area contributed by atoms with Crippen LogP contribution in [0.3, 0.4) is 0 Å². The van der Waals surface area contributed by atoms with Gasteiger partial charge in [0.15, 0.2) is 0 Å². The summed E-state index contributed by atoms with van der Waals surface area (Å²) in [7, 11) is 0. The number of benzene rings is 1. The van der Waals surface area contributed by atoms with Gasteiger partial charge in [-0.1, -0.05) is 6.42 Å². The highest BCUT2D eigenvalue weighted by molar-refractivity contribution is 7.13. The van der Waals surface area contributed by atoms with Gasteiger partial charge in [0.05, 0.1) is 0 Å². The lowest BCUT2D eigenvalue weighted by Crippen LogP contribution is -2.29. The van der Waals surface area contributed by atoms with Crippen LogP contribution in [0.1, 0.15) is 19.3 Å². The zero-order valence-electron chi connectivity index (χ0n) is 11.8. The summed E-state index contributed by atoms with van der Waals surface area (Å²) in [5.74, 6) is 0.498. The standard InChI is InChI=1S/C16H19N3OS/c17-10-12-2-1-3-14(12)15(20)19-13-6-4-11(5-7-13)16-18-8-9-21-16/h4-9,12,14H,1-3,10,17H2,(H,19,20). The van der Waals surface area contributed by atoms with Gasteiger partial charge in [-0.3, -0.25) is 4.79 Å². The molecule has 5 heteroatoms. The van der Waals surface area contributed by atoms with Crippen molar-refractivity contribution in [1.82, 2.24) is 4.98 Å². The summed E-state index contributed by atoms with van der Waals surface area (Å²) in [5.41, 5.74) is 7.65. The number of rotatable bonds is 4. The van der Waals surface area contributed by atoms with E-state index in [0.717, 1.165) is 35.5 Å². The zero-order chi connectivity index (χ0) is 14.7. The molecule has 1 aliphatic carbocycles. The zero-order valence-corrected chi connectivity index (χ0v) is 12.6. The highest BCUT2D eigenvalue weighted by atomic mass is 32.1. The number of hydrogen-bond acceptors (Lipinski definition) is 4. The Hall–Kier alpha value is -1.72. The molecule has 1 saturated carbocycles. The maximum atomic E-state index is 12.3. The number of anilines is 1. The Morgan fingerprint density at radius 3 is 2.81 bits per heavy atom. The van der Waals surface area contributed by atoms with Crippen LogP contribution >= 0.6 is 11.3 Å². The molecule has 2 atom stereocenters. The van der Waals surface area contributed by atoms with E-state index in [1.165, 1.54) is 0 Å². The second-order valence-electron chi connectivity index (χ2n) is 5.44. The average Bonchev–Trinajstić information content (AvgIpc) is 3.19. The van der Waals surface area contributed by atoms with E-state index in [-0.39, 0.29) is 11.8 Å². The number of hydrogen-bond donors (Lipinski definition) is 2. The summed E-state index contributed by atoms with van der Waals surface area (Å²) in [6, 6.07) is 7.84. The molecule has 1 aromatic heterocycles. The number of carbonyl (C=O) groups is 1. The van der Waals surface area contributed by atoms with Gasteiger partial charge in [0.25, 0.3) is 0 Å². The van der Waals surface area contributed by atoms with E-state index in [2.05, 4.69) is 10.3 Å². The second kappa shape index (κ2) is 6.37. The number of amides is 1. The summed E-state index contributed by atoms with van der Waals surface area (Å²) in [6.07, 6.45) is 4.91. The van der Waals surface area contributed by atoms with Crippen LogP contribution < -0.4 is 11.1 Å². The monoisotopic (exact) mass is 301 g/mol. The molecule has 0 spiro atoms. The average molecular weight is 301 g/mol. The van der Waals surface area contributed by atoms with Crippen LogP contribution in [-0.4, -0.2) is 17.4 Å². The van der Waals surface area contributed by atoms with Crippen molar-refractivity contribution in [3.63, 3.8) is 0 Å². The third-order valence-electron chi connectivity index (χ3n) is 4.13. The molecule has 4 nitrogen and oxygen atoms in total. The minimum Gasteiger partial charge on any atom is -0.330 e. The molecule has 0 aliphatic heterocycles. The molecule has 2 aromatic rings. The fourth-order valence-electron chi connectivity index (χ4n) is 2.96. The van der Waals surface area contributed by atoms with Crippen LogP contribution in [0, 0.1) is 11.8 Å². The van der Waals surface area contributed by atoms with Crippen LogP contribution in [-0.2, 0) is 4.79 Å². The van der Waals surface area contributed by atoms with Gasteiger partial charge >= 0.3 is 0 Å². The van der Waals surface area contributed by atoms with Crippen molar-refractivity contribution in [3.8, 4) is 10.6 Å². The number of thiazole rings is 1. The Balaban J connectivity index is 1.66. The predicted molar refractivity (Wildman–Crippen MR) is 86.1 cm³/mol. The Bertz CT molecular complexity index is 594. The van der Waals surface area contributed by atoms with Crippen LogP contribution in [0.15, 0.2) is 35.8 Å². The van der Waals surface area contributed by atoms with Crippen molar-refractivity contribution in [2.75, 3.05) is 11.9 Å². The highest BCUT2D eigenvalue weighted by Gasteiger charge is 2.31. The van der Waals surface area contributed by atoms with Crippen molar-refractivity contribution in [3.05, 3.63) is 35.8 Å². The number of nitrogens with two attached hydrogens (primary N) is 1. The molecule has 1 aromatic carbocycles. The van der Waals surface area contributed by atoms with Gasteiger partial charge in [-0.05, 0) is 49.6 Å². The largest absolute Gasteiger partial charge is 0.330 e. The first-order valence-corrected chi connectivity index (χ1v) is 8.17. The Morgan fingerprint density at radius 1 is 1.33 bits per heavy atom. The summed E-state index contributed by atoms with van der Waals surface area (Å²) >= 11 is 1.61. The first-order chi connectivity index (χ1) is 10.3. The quantitative estimate of drug-likeness (QED) is 0.911. The molecule has 3 N–H and O–H groups in total. The summed E-state index contributed by atoms with van der Waals surface area (Å²) in [6.45, 7) is 0.598. The van der Waals surface area contributed by atoms with Gasteiger partial charge in [0, 0.05) is 28.7 Å². The fraction of sp³-hybridized carbons (Fsp3) is 0.375. The van der Waals surface area contributed by atoms with Crippen molar-refractivity contribution in [2.45, 2.75) is 19.3 Å². The van der Waals surface area contributed by atoms with E-state index in [9.17, 15) is 4.79 Å². The molecule has 0 saturated heterocycles. The third-order valence-corrected chi connectivity index (χ3v) is 4.95. The van der Waals surface area contributed by atoms with Gasteiger partial charge in [0.1, 0.15) is 5.01 Å². The molecular formula is C16H19N3OS. The van der Waals surface area contributed by atoms with Crippen molar-refractivity contribution in [1.29, 1.82) is 0 Å². The number of aromatic nitrogens is 1. The lowest BCUT2D eigenvalue weighted by Gasteiger charge is -2.17. The molecule has 1 heterocycles. The topological polar surface area (TPSA) is 68.0 Å². The molecule has 1 fully saturated rings. The molecule has 1 aliphatic rings. The van der Waals surface area contributed by atoms with Gasteiger partial charge in [-0.2, -0.15) is 0 Å². The molecule has 0 bridgehead atoms. The lowest BCUT2D eigenvalue weighted by molar-refractivity contribution is -0.120. The van der Waals surface area contributed by atoms with Crippen molar-refractivity contribution in [2.24, 2.45) is 17.6 Å². The van der Waals surface area contributed by atoms with E-state index in [1.807, 2.05) is 29.6 Å². The summed E-state index contributed by atoms with van der Waals surface area (Å²) in [4.78, 5) is 16.6. The maximum absolute atomic E-state index is 12.3. The minimum atomic E-state index is 0.0636. The maximum Gasteiger partial charge on any atom is 0.227 e. The minimum absolute atomic E-state index is 0.0636. The molecule has 0 radical (unpaired) electrons. The molecule has 21 heavy (non-hydrogen) atoms. The fourth-order valence-corrected chi connectivity index (χ4v) is 3.61. The molecular weight excluding hydrogens is 282 g/mol. The van der Waals surface area contributed by atoms with Crippen LogP contribution in [0.2, 0.25) is 0 Å². The SMILES string of the molecule is NCC1CCCC1C(=O)Nc1ccc(-c2nccs2)cc1. The van der Waals surface area contributed by atoms with Crippen molar-refractivity contribution >= 4 is 22.9 Å². The van der Waals surface area contributed by atoms with Gasteiger partial charge in [-0.25, -0.2) is 4.98 Å². The van der Waals surface area contributed by atoms with E-state index < -0.39 is 0 Å². The number of carbonyl (C=O) groups excluding carboxylic acids is 1. The van der Waals surface area contributed by atoms with Crippen LogP contribution in [0.5, 0.6) is 0 Å². The van der Waals surface area contributed by atoms with E-state index in [4.69, 9.17) is 5.73 Å². The first kappa shape index (κ1) is 14.2. The van der Waals surface area contributed by atoms with E-state index in [0.29, 0.717) is 12.5 Å². The van der Waals surface area contributed by atoms with Crippen LogP contribution in [0.4, 0.5) is 5.69 Å². The van der Waals surface area contributed by atoms with E-state index >= 15 is 0 Å². The molecule has 110 valence electrons. The van der Waals surface area contributed by atoms with Gasteiger partial charge in [0.2, 0.25) is 5.91 Å². The van der Waals surface area contributed by atoms with E-state index in [1.54, 1.807) is 17.5 Å². The number of nitrogens with zero attached hydrogens (tertiary/aromatic N) is 1. The molecule has 3 rings (SSSR count). The summed E-state index contributed by atoms with van der Waals surface area (Å²) < 4.78 is 0. The normalized spacial score (nSPS) is 21.4. The van der Waals surface area contributed by atoms with Crippen LogP contribution in [0.25, 0.3) is 10.6 Å². The molecule has 1 amide bonds. The Morgan fingerprint density at radius 2 is 2.14 bits per heavy atom. The molecule has 2 unspecified atom stereocenters. The third kappa shape index (κ3) is 3.14. The first-order valence-electron chi connectivity index (χ1n) is 7.29. The Kier molecular flexibility index (Phi) is 4.31. The van der Waals surface area contributed by atoms with Gasteiger partial charge in [-0.15, -0.1) is 11.3 Å². The lowest BCUT2D eigenvalue weighted by atomic mass is 9.95. The second-order valence-corrected chi connectivity index (χ2v) is 6.33. The van der Waals surface area contributed by atoms with Crippen molar-refractivity contribution < 1.29 is 4.79 Å².